The van der Waals surface area contributed by atoms with Gasteiger partial charge in [0.05, 0.1) is 11.9 Å². The number of likely N-dealkylation sites (tertiary alicyclic amines) is 1. The van der Waals surface area contributed by atoms with E-state index in [9.17, 15) is 0 Å². The number of hydrogen-bond donors (Lipinski definition) is 0. The number of aryl methyl sites for hydroxylation is 1. The molecular formula is C17H21N3O3. The molecule has 2 aliphatic rings. The Hall–Kier alpha value is -1.92. The van der Waals surface area contributed by atoms with Crippen molar-refractivity contribution in [2.24, 2.45) is 0 Å². The van der Waals surface area contributed by atoms with Crippen LogP contribution < -0.4 is 4.74 Å². The SMILES string of the molecule is Cc1cc(CN2C[C@@H](Oc3cccnc3)[C@H]3OCCC[C@H]32)no1. The molecule has 0 spiro atoms. The highest BCUT2D eigenvalue weighted by Crippen LogP contribution is 2.32. The number of ether oxygens (including phenoxy) is 2. The van der Waals surface area contributed by atoms with Crippen molar-refractivity contribution in [1.29, 1.82) is 0 Å². The first kappa shape index (κ1) is 14.7. The van der Waals surface area contributed by atoms with Gasteiger partial charge in [0.15, 0.2) is 0 Å². The first-order valence-corrected chi connectivity index (χ1v) is 8.14. The lowest BCUT2D eigenvalue weighted by Crippen LogP contribution is -2.42. The molecule has 0 amide bonds. The Labute approximate surface area is 135 Å². The molecule has 122 valence electrons. The van der Waals surface area contributed by atoms with Crippen LogP contribution >= 0.6 is 0 Å². The van der Waals surface area contributed by atoms with E-state index in [1.165, 1.54) is 0 Å². The highest BCUT2D eigenvalue weighted by Gasteiger charge is 2.45. The van der Waals surface area contributed by atoms with Gasteiger partial charge < -0.3 is 14.0 Å². The van der Waals surface area contributed by atoms with E-state index in [1.54, 1.807) is 12.4 Å². The molecule has 0 N–H and O–H groups in total. The molecular weight excluding hydrogens is 294 g/mol. The summed E-state index contributed by atoms with van der Waals surface area (Å²) in [6.45, 7) is 4.33. The summed E-state index contributed by atoms with van der Waals surface area (Å²) in [5.74, 6) is 1.64. The predicted molar refractivity (Wildman–Crippen MR) is 83.1 cm³/mol. The monoisotopic (exact) mass is 315 g/mol. The molecule has 0 radical (unpaired) electrons. The molecule has 3 atom stereocenters. The second kappa shape index (κ2) is 6.29. The maximum Gasteiger partial charge on any atom is 0.139 e. The second-order valence-electron chi connectivity index (χ2n) is 6.25. The van der Waals surface area contributed by atoms with E-state index in [0.717, 1.165) is 49.7 Å². The minimum absolute atomic E-state index is 0.0255. The van der Waals surface area contributed by atoms with Crippen LogP contribution in [0.1, 0.15) is 24.3 Å². The van der Waals surface area contributed by atoms with Gasteiger partial charge in [0.1, 0.15) is 23.7 Å². The molecule has 2 saturated heterocycles. The molecule has 6 heteroatoms. The summed E-state index contributed by atoms with van der Waals surface area (Å²) in [5.41, 5.74) is 0.967. The zero-order chi connectivity index (χ0) is 15.6. The third-order valence-electron chi connectivity index (χ3n) is 4.55. The van der Waals surface area contributed by atoms with Crippen molar-refractivity contribution in [3.05, 3.63) is 42.0 Å². The molecule has 6 nitrogen and oxygen atoms in total. The number of nitrogens with zero attached hydrogens (tertiary/aromatic N) is 3. The van der Waals surface area contributed by atoms with Crippen molar-refractivity contribution in [2.45, 2.75) is 44.6 Å². The van der Waals surface area contributed by atoms with Crippen molar-refractivity contribution >= 4 is 0 Å². The minimum Gasteiger partial charge on any atom is -0.485 e. The summed E-state index contributed by atoms with van der Waals surface area (Å²) in [6, 6.07) is 6.20. The molecule has 4 heterocycles. The van der Waals surface area contributed by atoms with Crippen molar-refractivity contribution in [1.82, 2.24) is 15.0 Å². The van der Waals surface area contributed by atoms with Gasteiger partial charge in [-0.1, -0.05) is 5.16 Å². The van der Waals surface area contributed by atoms with Gasteiger partial charge in [-0.3, -0.25) is 9.88 Å². The first-order chi connectivity index (χ1) is 11.3. The van der Waals surface area contributed by atoms with Crippen LogP contribution in [-0.4, -0.2) is 46.4 Å². The highest BCUT2D eigenvalue weighted by molar-refractivity contribution is 5.17. The van der Waals surface area contributed by atoms with Gasteiger partial charge in [-0.2, -0.15) is 0 Å². The minimum atomic E-state index is 0.0255. The fourth-order valence-electron chi connectivity index (χ4n) is 3.58. The van der Waals surface area contributed by atoms with Gasteiger partial charge >= 0.3 is 0 Å². The van der Waals surface area contributed by atoms with Crippen molar-refractivity contribution in [3.63, 3.8) is 0 Å². The summed E-state index contributed by atoms with van der Waals surface area (Å²) in [6.07, 6.45) is 5.86. The molecule has 0 saturated carbocycles. The Morgan fingerprint density at radius 1 is 1.43 bits per heavy atom. The molecule has 0 bridgehead atoms. The molecule has 2 aromatic rings. The van der Waals surface area contributed by atoms with Crippen LogP contribution in [0.5, 0.6) is 5.75 Å². The zero-order valence-corrected chi connectivity index (χ0v) is 13.2. The number of fused-ring (bicyclic) bond motifs is 1. The van der Waals surface area contributed by atoms with Crippen LogP contribution in [0.3, 0.4) is 0 Å². The van der Waals surface area contributed by atoms with Crippen molar-refractivity contribution < 1.29 is 14.0 Å². The van der Waals surface area contributed by atoms with E-state index in [0.29, 0.717) is 6.04 Å². The van der Waals surface area contributed by atoms with Crippen LogP contribution in [0, 0.1) is 6.92 Å². The van der Waals surface area contributed by atoms with E-state index in [1.807, 2.05) is 25.1 Å². The van der Waals surface area contributed by atoms with Crippen LogP contribution in [0.2, 0.25) is 0 Å². The summed E-state index contributed by atoms with van der Waals surface area (Å²) >= 11 is 0. The lowest BCUT2D eigenvalue weighted by molar-refractivity contribution is -0.0473. The Morgan fingerprint density at radius 2 is 2.39 bits per heavy atom. The molecule has 2 fully saturated rings. The van der Waals surface area contributed by atoms with Gasteiger partial charge in [-0.05, 0) is 31.9 Å². The van der Waals surface area contributed by atoms with Crippen LogP contribution in [0.15, 0.2) is 35.1 Å². The third-order valence-corrected chi connectivity index (χ3v) is 4.55. The van der Waals surface area contributed by atoms with Gasteiger partial charge in [0.25, 0.3) is 0 Å². The Morgan fingerprint density at radius 3 is 3.17 bits per heavy atom. The van der Waals surface area contributed by atoms with Crippen LogP contribution in [0.25, 0.3) is 0 Å². The van der Waals surface area contributed by atoms with Gasteiger partial charge in [0.2, 0.25) is 0 Å². The van der Waals surface area contributed by atoms with Gasteiger partial charge in [-0.15, -0.1) is 0 Å². The van der Waals surface area contributed by atoms with E-state index in [-0.39, 0.29) is 12.2 Å². The molecule has 4 rings (SSSR count). The maximum atomic E-state index is 6.14. The molecule has 0 unspecified atom stereocenters. The Kier molecular flexibility index (Phi) is 4.01. The topological polar surface area (TPSA) is 60.6 Å². The average molecular weight is 315 g/mol. The predicted octanol–water partition coefficient (Wildman–Crippen LogP) is 2.19. The van der Waals surface area contributed by atoms with Gasteiger partial charge in [0, 0.05) is 38.0 Å². The molecule has 23 heavy (non-hydrogen) atoms. The molecule has 0 aromatic carbocycles. The number of aromatic nitrogens is 2. The highest BCUT2D eigenvalue weighted by atomic mass is 16.5. The van der Waals surface area contributed by atoms with Crippen molar-refractivity contribution in [2.75, 3.05) is 13.2 Å². The maximum absolute atomic E-state index is 6.14. The lowest BCUT2D eigenvalue weighted by atomic mass is 10.0. The fourth-order valence-corrected chi connectivity index (χ4v) is 3.58. The number of rotatable bonds is 4. The third kappa shape index (κ3) is 3.09. The summed E-state index contributed by atoms with van der Waals surface area (Å²) in [4.78, 5) is 6.52. The first-order valence-electron chi connectivity index (χ1n) is 8.14. The fraction of sp³-hybridized carbons (Fsp3) is 0.529. The summed E-state index contributed by atoms with van der Waals surface area (Å²) < 4.78 is 17.4. The zero-order valence-electron chi connectivity index (χ0n) is 13.2. The summed E-state index contributed by atoms with van der Waals surface area (Å²) in [5, 5.41) is 4.12. The second-order valence-corrected chi connectivity index (χ2v) is 6.25. The average Bonchev–Trinajstić information content (AvgIpc) is 3.14. The molecule has 0 aliphatic carbocycles. The quantitative estimate of drug-likeness (QED) is 0.862. The smallest absolute Gasteiger partial charge is 0.139 e. The van der Waals surface area contributed by atoms with E-state index >= 15 is 0 Å². The van der Waals surface area contributed by atoms with Crippen molar-refractivity contribution in [3.8, 4) is 5.75 Å². The van der Waals surface area contributed by atoms with Crippen LogP contribution in [0.4, 0.5) is 0 Å². The van der Waals surface area contributed by atoms with E-state index in [4.69, 9.17) is 14.0 Å². The van der Waals surface area contributed by atoms with E-state index in [2.05, 4.69) is 15.0 Å². The molecule has 2 aromatic heterocycles. The standard InChI is InChI=1S/C17H21N3O3/c1-12-8-13(19-23-12)10-20-11-16(17-15(20)5-3-7-21-17)22-14-4-2-6-18-9-14/h2,4,6,8-9,15-17H,3,5,7,10-11H2,1H3/t15-,16-,17+/m1/s1. The Balaban J connectivity index is 1.49. The number of pyridine rings is 1. The largest absolute Gasteiger partial charge is 0.485 e. The number of hydrogen-bond acceptors (Lipinski definition) is 6. The Bertz CT molecular complexity index is 646. The van der Waals surface area contributed by atoms with Gasteiger partial charge in [-0.25, -0.2) is 0 Å². The van der Waals surface area contributed by atoms with E-state index < -0.39 is 0 Å². The molecule has 2 aliphatic heterocycles. The lowest BCUT2D eigenvalue weighted by Gasteiger charge is -2.31. The normalized spacial score (nSPS) is 27.8. The van der Waals surface area contributed by atoms with Crippen LogP contribution in [-0.2, 0) is 11.3 Å². The summed E-state index contributed by atoms with van der Waals surface area (Å²) in [7, 11) is 0.